The van der Waals surface area contributed by atoms with Crippen LogP contribution in [0.15, 0.2) is 23.0 Å². The van der Waals surface area contributed by atoms with Gasteiger partial charge in [0.15, 0.2) is 0 Å². The summed E-state index contributed by atoms with van der Waals surface area (Å²) < 4.78 is 0. The van der Waals surface area contributed by atoms with Crippen LogP contribution in [-0.4, -0.2) is 16.2 Å². The fourth-order valence-electron chi connectivity index (χ4n) is 1.44. The molecule has 1 aliphatic carbocycles. The summed E-state index contributed by atoms with van der Waals surface area (Å²) in [7, 11) is 0. The lowest BCUT2D eigenvalue weighted by molar-refractivity contribution is -0.134. The minimum Gasteiger partial charge on any atom is -0.508 e. The van der Waals surface area contributed by atoms with Gasteiger partial charge in [-0.15, -0.1) is 0 Å². The molecule has 86 valence electrons. The molecule has 3 heteroatoms. The Morgan fingerprint density at radius 1 is 1.40 bits per heavy atom. The lowest BCUT2D eigenvalue weighted by Gasteiger charge is -2.17. The molecule has 0 radical (unpaired) electrons. The van der Waals surface area contributed by atoms with Crippen molar-refractivity contribution in [1.82, 2.24) is 0 Å². The maximum Gasteiger partial charge on any atom is 0.300 e. The standard InChI is InChI=1S/C10H16O.C2H4O2/c1-7(2)9-5-4-8(3)6-10(9)11;1-2(3)4/h6-7,11H,4-5H2,1-3H3;1H3,(H,3,4). The molecule has 0 heterocycles. The molecule has 1 rings (SSSR count). The van der Waals surface area contributed by atoms with E-state index < -0.39 is 5.97 Å². The number of carboxylic acids is 1. The molecule has 0 spiro atoms. The summed E-state index contributed by atoms with van der Waals surface area (Å²) in [4.78, 5) is 9.00. The Morgan fingerprint density at radius 2 is 1.87 bits per heavy atom. The zero-order chi connectivity index (χ0) is 12.0. The second-order valence-electron chi connectivity index (χ2n) is 4.07. The van der Waals surface area contributed by atoms with Crippen molar-refractivity contribution in [3.8, 4) is 0 Å². The Hall–Kier alpha value is -1.25. The molecular formula is C12H20O3. The first kappa shape index (κ1) is 13.8. The molecule has 3 nitrogen and oxygen atoms in total. The average Bonchev–Trinajstić information content (AvgIpc) is 2.01. The van der Waals surface area contributed by atoms with Crippen molar-refractivity contribution >= 4 is 5.97 Å². The van der Waals surface area contributed by atoms with Crippen LogP contribution in [0, 0.1) is 5.92 Å². The van der Waals surface area contributed by atoms with Crippen LogP contribution in [0.25, 0.3) is 0 Å². The molecule has 0 bridgehead atoms. The van der Waals surface area contributed by atoms with E-state index in [0.29, 0.717) is 11.7 Å². The number of allylic oxidation sites excluding steroid dienone is 3. The minimum atomic E-state index is -0.833. The topological polar surface area (TPSA) is 57.5 Å². The number of aliphatic hydroxyl groups is 1. The van der Waals surface area contributed by atoms with Gasteiger partial charge in [-0.25, -0.2) is 0 Å². The van der Waals surface area contributed by atoms with Crippen LogP contribution < -0.4 is 0 Å². The number of hydrogen-bond acceptors (Lipinski definition) is 2. The van der Waals surface area contributed by atoms with E-state index in [2.05, 4.69) is 20.8 Å². The molecular weight excluding hydrogens is 192 g/mol. The number of aliphatic hydroxyl groups excluding tert-OH is 1. The van der Waals surface area contributed by atoms with Gasteiger partial charge >= 0.3 is 0 Å². The Morgan fingerprint density at radius 3 is 2.20 bits per heavy atom. The summed E-state index contributed by atoms with van der Waals surface area (Å²) in [5.74, 6) is 0.156. The predicted octanol–water partition coefficient (Wildman–Crippen LogP) is 3.29. The van der Waals surface area contributed by atoms with Gasteiger partial charge < -0.3 is 10.2 Å². The Labute approximate surface area is 91.1 Å². The van der Waals surface area contributed by atoms with Crippen LogP contribution in [0.4, 0.5) is 0 Å². The van der Waals surface area contributed by atoms with Gasteiger partial charge in [-0.3, -0.25) is 4.79 Å². The summed E-state index contributed by atoms with van der Waals surface area (Å²) in [6, 6.07) is 0. The van der Waals surface area contributed by atoms with Crippen LogP contribution in [0.2, 0.25) is 0 Å². The van der Waals surface area contributed by atoms with Gasteiger partial charge in [-0.2, -0.15) is 0 Å². The van der Waals surface area contributed by atoms with Crippen molar-refractivity contribution in [2.75, 3.05) is 0 Å². The minimum absolute atomic E-state index is 0.486. The molecule has 15 heavy (non-hydrogen) atoms. The second kappa shape index (κ2) is 6.27. The van der Waals surface area contributed by atoms with E-state index in [-0.39, 0.29) is 0 Å². The Bertz CT molecular complexity index is 281. The molecule has 0 aromatic rings. The Balaban J connectivity index is 0.000000423. The monoisotopic (exact) mass is 212 g/mol. The second-order valence-corrected chi connectivity index (χ2v) is 4.07. The molecule has 1 aliphatic rings. The molecule has 0 amide bonds. The average molecular weight is 212 g/mol. The van der Waals surface area contributed by atoms with Crippen LogP contribution in [0.5, 0.6) is 0 Å². The lowest BCUT2D eigenvalue weighted by atomic mass is 9.91. The van der Waals surface area contributed by atoms with Crippen molar-refractivity contribution in [2.24, 2.45) is 5.92 Å². The highest BCUT2D eigenvalue weighted by molar-refractivity contribution is 5.62. The molecule has 0 aromatic carbocycles. The zero-order valence-corrected chi connectivity index (χ0v) is 9.87. The summed E-state index contributed by atoms with van der Waals surface area (Å²) in [6.07, 6.45) is 4.03. The number of carboxylic acid groups (broad SMARTS) is 1. The van der Waals surface area contributed by atoms with Crippen molar-refractivity contribution < 1.29 is 15.0 Å². The highest BCUT2D eigenvalue weighted by Gasteiger charge is 2.12. The summed E-state index contributed by atoms with van der Waals surface area (Å²) >= 11 is 0. The lowest BCUT2D eigenvalue weighted by Crippen LogP contribution is -2.03. The third-order valence-corrected chi connectivity index (χ3v) is 2.20. The molecule has 0 aromatic heterocycles. The molecule has 0 fully saturated rings. The van der Waals surface area contributed by atoms with E-state index in [0.717, 1.165) is 19.8 Å². The van der Waals surface area contributed by atoms with Gasteiger partial charge in [-0.05, 0) is 37.3 Å². The molecule has 0 saturated heterocycles. The van der Waals surface area contributed by atoms with Crippen LogP contribution in [0.1, 0.15) is 40.5 Å². The van der Waals surface area contributed by atoms with Gasteiger partial charge in [0.2, 0.25) is 0 Å². The zero-order valence-electron chi connectivity index (χ0n) is 9.87. The van der Waals surface area contributed by atoms with Crippen LogP contribution in [-0.2, 0) is 4.79 Å². The van der Waals surface area contributed by atoms with E-state index >= 15 is 0 Å². The first-order valence-corrected chi connectivity index (χ1v) is 5.13. The van der Waals surface area contributed by atoms with E-state index in [1.165, 1.54) is 11.1 Å². The third kappa shape index (κ3) is 5.94. The Kier molecular flexibility index (Phi) is 5.75. The van der Waals surface area contributed by atoms with Gasteiger partial charge in [0.05, 0.1) is 0 Å². The van der Waals surface area contributed by atoms with Crippen molar-refractivity contribution in [3.05, 3.63) is 23.0 Å². The maximum atomic E-state index is 9.51. The highest BCUT2D eigenvalue weighted by Crippen LogP contribution is 2.27. The fraction of sp³-hybridized carbons (Fsp3) is 0.583. The smallest absolute Gasteiger partial charge is 0.300 e. The van der Waals surface area contributed by atoms with E-state index in [1.54, 1.807) is 0 Å². The SMILES string of the molecule is CC(=O)O.CC1=CC(O)=C(C(C)C)CC1. The maximum absolute atomic E-state index is 9.51. The summed E-state index contributed by atoms with van der Waals surface area (Å²) in [5.41, 5.74) is 2.49. The third-order valence-electron chi connectivity index (χ3n) is 2.20. The van der Waals surface area contributed by atoms with Crippen LogP contribution in [0.3, 0.4) is 0 Å². The fourth-order valence-corrected chi connectivity index (χ4v) is 1.44. The molecule has 0 atom stereocenters. The number of carbonyl (C=O) groups is 1. The quantitative estimate of drug-likeness (QED) is 0.701. The highest BCUT2D eigenvalue weighted by atomic mass is 16.4. The normalized spacial score (nSPS) is 15.7. The first-order chi connectivity index (χ1) is 6.84. The van der Waals surface area contributed by atoms with Crippen LogP contribution >= 0.6 is 0 Å². The van der Waals surface area contributed by atoms with Crippen molar-refractivity contribution in [1.29, 1.82) is 0 Å². The van der Waals surface area contributed by atoms with Gasteiger partial charge in [-0.1, -0.05) is 19.4 Å². The van der Waals surface area contributed by atoms with Gasteiger partial charge in [0.25, 0.3) is 5.97 Å². The predicted molar refractivity (Wildman–Crippen MR) is 60.8 cm³/mol. The van der Waals surface area contributed by atoms with Gasteiger partial charge in [0.1, 0.15) is 5.76 Å². The van der Waals surface area contributed by atoms with Crippen molar-refractivity contribution in [2.45, 2.75) is 40.5 Å². The number of hydrogen-bond donors (Lipinski definition) is 2. The summed E-state index contributed by atoms with van der Waals surface area (Å²) in [5, 5.41) is 16.9. The largest absolute Gasteiger partial charge is 0.508 e. The van der Waals surface area contributed by atoms with E-state index in [9.17, 15) is 5.11 Å². The summed E-state index contributed by atoms with van der Waals surface area (Å²) in [6.45, 7) is 7.40. The molecule has 0 aliphatic heterocycles. The first-order valence-electron chi connectivity index (χ1n) is 5.13. The number of rotatable bonds is 1. The molecule has 2 N–H and O–H groups in total. The molecule has 0 saturated carbocycles. The molecule has 0 unspecified atom stereocenters. The van der Waals surface area contributed by atoms with Gasteiger partial charge in [0, 0.05) is 6.92 Å². The number of aliphatic carboxylic acids is 1. The van der Waals surface area contributed by atoms with E-state index in [1.807, 2.05) is 6.08 Å². The van der Waals surface area contributed by atoms with Crippen molar-refractivity contribution in [3.63, 3.8) is 0 Å². The van der Waals surface area contributed by atoms with E-state index in [4.69, 9.17) is 9.90 Å².